The van der Waals surface area contributed by atoms with Gasteiger partial charge in [-0.3, -0.25) is 14.7 Å². The quantitative estimate of drug-likeness (QED) is 0.182. The summed E-state index contributed by atoms with van der Waals surface area (Å²) in [4.78, 5) is 10.5. The summed E-state index contributed by atoms with van der Waals surface area (Å²) >= 11 is 1.56. The summed E-state index contributed by atoms with van der Waals surface area (Å²) in [5.74, 6) is 1.42. The predicted octanol–water partition coefficient (Wildman–Crippen LogP) is 6.74. The van der Waals surface area contributed by atoms with Gasteiger partial charge in [-0.25, -0.2) is 0 Å². The van der Waals surface area contributed by atoms with Gasteiger partial charge in [-0.05, 0) is 35.1 Å². The molecule has 33 heavy (non-hydrogen) atoms. The summed E-state index contributed by atoms with van der Waals surface area (Å²) in [6.07, 6.45) is 0. The van der Waals surface area contributed by atoms with Crippen LogP contribution in [0.3, 0.4) is 0 Å². The van der Waals surface area contributed by atoms with Crippen molar-refractivity contribution in [3.05, 3.63) is 99.6 Å². The number of rotatable bonds is 6. The molecule has 0 aliphatic rings. The smallest absolute Gasteiger partial charge is 0.269 e. The molecule has 0 bridgehead atoms. The minimum absolute atomic E-state index is 0.0774. The number of benzene rings is 3. The fourth-order valence-corrected chi connectivity index (χ4v) is 4.46. The molecule has 0 aliphatic carbocycles. The van der Waals surface area contributed by atoms with Crippen molar-refractivity contribution >= 4 is 17.4 Å². The van der Waals surface area contributed by atoms with Crippen molar-refractivity contribution in [3.8, 4) is 17.1 Å². The molecule has 4 rings (SSSR count). The maximum absolute atomic E-state index is 10.9. The second kappa shape index (κ2) is 9.19. The Bertz CT molecular complexity index is 1270. The number of non-ortho nitro benzene ring substituents is 1. The van der Waals surface area contributed by atoms with Crippen molar-refractivity contribution < 1.29 is 4.92 Å². The lowest BCUT2D eigenvalue weighted by atomic mass is 9.87. The van der Waals surface area contributed by atoms with Gasteiger partial charge in [0.1, 0.15) is 0 Å². The Hall–Kier alpha value is -3.45. The maximum atomic E-state index is 10.9. The Balaban J connectivity index is 1.70. The fraction of sp³-hybridized carbons (Fsp3) is 0.231. The van der Waals surface area contributed by atoms with Crippen LogP contribution < -0.4 is 0 Å². The molecule has 0 spiro atoms. The van der Waals surface area contributed by atoms with Crippen LogP contribution in [0.25, 0.3) is 17.1 Å². The molecule has 1 heterocycles. The normalized spacial score (nSPS) is 11.5. The number of aryl methyl sites for hydroxylation is 1. The molecule has 0 radical (unpaired) electrons. The molecular formula is C26H26N4O2S. The highest BCUT2D eigenvalue weighted by atomic mass is 32.2. The van der Waals surface area contributed by atoms with Crippen LogP contribution in [0.15, 0.2) is 78.0 Å². The molecule has 0 fully saturated rings. The second-order valence-electron chi connectivity index (χ2n) is 8.97. The first-order valence-electron chi connectivity index (χ1n) is 10.7. The summed E-state index contributed by atoms with van der Waals surface area (Å²) in [7, 11) is 0. The number of aromatic nitrogens is 3. The van der Waals surface area contributed by atoms with E-state index in [1.165, 1.54) is 17.7 Å². The van der Waals surface area contributed by atoms with E-state index in [1.54, 1.807) is 23.9 Å². The average molecular weight is 459 g/mol. The van der Waals surface area contributed by atoms with E-state index >= 15 is 0 Å². The van der Waals surface area contributed by atoms with Gasteiger partial charge in [0.05, 0.1) is 10.6 Å². The number of nitrogens with zero attached hydrogens (tertiary/aromatic N) is 4. The van der Waals surface area contributed by atoms with Crippen LogP contribution in [0, 0.1) is 17.0 Å². The first-order chi connectivity index (χ1) is 15.7. The van der Waals surface area contributed by atoms with Crippen molar-refractivity contribution in [3.63, 3.8) is 0 Å². The number of nitro groups is 1. The highest BCUT2D eigenvalue weighted by Gasteiger charge is 2.19. The van der Waals surface area contributed by atoms with Gasteiger partial charge >= 0.3 is 0 Å². The van der Waals surface area contributed by atoms with E-state index in [2.05, 4.69) is 78.9 Å². The summed E-state index contributed by atoms with van der Waals surface area (Å²) in [5, 5.41) is 20.8. The van der Waals surface area contributed by atoms with E-state index in [0.29, 0.717) is 5.75 Å². The molecular weight excluding hydrogens is 432 g/mol. The van der Waals surface area contributed by atoms with Gasteiger partial charge in [-0.1, -0.05) is 87.1 Å². The van der Waals surface area contributed by atoms with Crippen molar-refractivity contribution in [1.29, 1.82) is 0 Å². The first-order valence-corrected chi connectivity index (χ1v) is 11.7. The number of hydrogen-bond acceptors (Lipinski definition) is 5. The second-order valence-corrected chi connectivity index (χ2v) is 9.91. The molecule has 0 N–H and O–H groups in total. The number of nitro benzene ring substituents is 1. The van der Waals surface area contributed by atoms with Gasteiger partial charge < -0.3 is 0 Å². The van der Waals surface area contributed by atoms with Gasteiger partial charge in [-0.15, -0.1) is 10.2 Å². The monoisotopic (exact) mass is 458 g/mol. The van der Waals surface area contributed by atoms with Crippen LogP contribution in [0.2, 0.25) is 0 Å². The topological polar surface area (TPSA) is 73.8 Å². The molecule has 7 heteroatoms. The fourth-order valence-electron chi connectivity index (χ4n) is 3.56. The van der Waals surface area contributed by atoms with E-state index in [0.717, 1.165) is 33.4 Å². The molecule has 3 aromatic carbocycles. The molecule has 0 amide bonds. The highest BCUT2D eigenvalue weighted by molar-refractivity contribution is 7.98. The zero-order chi connectivity index (χ0) is 23.6. The summed E-state index contributed by atoms with van der Waals surface area (Å²) < 4.78 is 2.09. The minimum atomic E-state index is -0.386. The van der Waals surface area contributed by atoms with Gasteiger partial charge in [0.15, 0.2) is 11.0 Å². The third kappa shape index (κ3) is 4.98. The average Bonchev–Trinajstić information content (AvgIpc) is 3.21. The standard InChI is InChI=1S/C26H26N4O2S/c1-18-7-5-6-8-23(18)29-24(20-11-13-21(14-12-20)26(2,3)4)27-28-25(29)33-17-19-9-15-22(16-10-19)30(31)32/h5-16H,17H2,1-4H3. The van der Waals surface area contributed by atoms with Gasteiger partial charge in [0.2, 0.25) is 0 Å². The Morgan fingerprint density at radius 1 is 0.939 bits per heavy atom. The molecule has 0 saturated heterocycles. The summed E-state index contributed by atoms with van der Waals surface area (Å²) in [6, 6.07) is 23.3. The third-order valence-corrected chi connectivity index (χ3v) is 6.51. The van der Waals surface area contributed by atoms with Crippen molar-refractivity contribution in [1.82, 2.24) is 14.8 Å². The molecule has 0 unspecified atom stereocenters. The summed E-state index contributed by atoms with van der Waals surface area (Å²) in [6.45, 7) is 8.67. The Morgan fingerprint density at radius 2 is 1.61 bits per heavy atom. The van der Waals surface area contributed by atoms with Crippen molar-refractivity contribution in [2.75, 3.05) is 0 Å². The molecule has 6 nitrogen and oxygen atoms in total. The lowest BCUT2D eigenvalue weighted by Gasteiger charge is -2.19. The van der Waals surface area contributed by atoms with Crippen LogP contribution in [0.4, 0.5) is 5.69 Å². The summed E-state index contributed by atoms with van der Waals surface area (Å²) in [5.41, 5.74) is 5.58. The van der Waals surface area contributed by atoms with Crippen LogP contribution in [0.5, 0.6) is 0 Å². The largest absolute Gasteiger partial charge is 0.270 e. The first kappa shape index (κ1) is 22.7. The molecule has 0 saturated carbocycles. The van der Waals surface area contributed by atoms with E-state index in [-0.39, 0.29) is 16.0 Å². The van der Waals surface area contributed by atoms with Crippen LogP contribution in [0.1, 0.15) is 37.5 Å². The highest BCUT2D eigenvalue weighted by Crippen LogP contribution is 2.32. The van der Waals surface area contributed by atoms with E-state index in [9.17, 15) is 10.1 Å². The maximum Gasteiger partial charge on any atom is 0.269 e. The Labute approximate surface area is 197 Å². The third-order valence-electron chi connectivity index (χ3n) is 5.51. The van der Waals surface area contributed by atoms with Gasteiger partial charge in [0.25, 0.3) is 5.69 Å². The van der Waals surface area contributed by atoms with E-state index < -0.39 is 0 Å². The molecule has 0 aliphatic heterocycles. The van der Waals surface area contributed by atoms with Crippen molar-refractivity contribution in [2.45, 2.75) is 44.0 Å². The van der Waals surface area contributed by atoms with E-state index in [4.69, 9.17) is 0 Å². The molecule has 4 aromatic rings. The predicted molar refractivity (Wildman–Crippen MR) is 133 cm³/mol. The van der Waals surface area contributed by atoms with E-state index in [1.807, 2.05) is 12.1 Å². The molecule has 1 aromatic heterocycles. The number of para-hydroxylation sites is 1. The van der Waals surface area contributed by atoms with Crippen LogP contribution in [-0.4, -0.2) is 19.7 Å². The molecule has 0 atom stereocenters. The van der Waals surface area contributed by atoms with Gasteiger partial charge in [-0.2, -0.15) is 0 Å². The lowest BCUT2D eigenvalue weighted by Crippen LogP contribution is -2.10. The zero-order valence-corrected chi connectivity index (χ0v) is 20.0. The van der Waals surface area contributed by atoms with Gasteiger partial charge in [0, 0.05) is 23.4 Å². The van der Waals surface area contributed by atoms with Crippen molar-refractivity contribution in [2.24, 2.45) is 0 Å². The minimum Gasteiger partial charge on any atom is -0.270 e. The zero-order valence-electron chi connectivity index (χ0n) is 19.1. The SMILES string of the molecule is Cc1ccccc1-n1c(SCc2ccc([N+](=O)[O-])cc2)nnc1-c1ccc(C(C)(C)C)cc1. The number of hydrogen-bond donors (Lipinski definition) is 0. The lowest BCUT2D eigenvalue weighted by molar-refractivity contribution is -0.384. The number of thioether (sulfide) groups is 1. The Kier molecular flexibility index (Phi) is 6.33. The van der Waals surface area contributed by atoms with Crippen LogP contribution >= 0.6 is 11.8 Å². The van der Waals surface area contributed by atoms with Crippen LogP contribution in [-0.2, 0) is 11.2 Å². The molecule has 168 valence electrons. The Morgan fingerprint density at radius 3 is 2.21 bits per heavy atom.